The zero-order chi connectivity index (χ0) is 17.7. The Labute approximate surface area is 154 Å². The fraction of sp³-hybridized carbons (Fsp3) is 0.619. The quantitative estimate of drug-likeness (QED) is 0.870. The Morgan fingerprint density at radius 3 is 2.54 bits per heavy atom. The molecule has 0 atom stereocenters. The van der Waals surface area contributed by atoms with Crippen molar-refractivity contribution in [3.05, 3.63) is 35.8 Å². The van der Waals surface area contributed by atoms with Gasteiger partial charge in [-0.3, -0.25) is 9.20 Å². The highest BCUT2D eigenvalue weighted by Gasteiger charge is 2.50. The van der Waals surface area contributed by atoms with Gasteiger partial charge in [0.15, 0.2) is 0 Å². The number of nitrogens with zero attached hydrogens (tertiary/aromatic N) is 2. The van der Waals surface area contributed by atoms with Crippen LogP contribution in [0.4, 0.5) is 0 Å². The molecule has 2 aromatic rings. The van der Waals surface area contributed by atoms with E-state index in [9.17, 15) is 4.79 Å². The van der Waals surface area contributed by atoms with Gasteiger partial charge in [0, 0.05) is 19.3 Å². The van der Waals surface area contributed by atoms with Crippen LogP contribution in [0.15, 0.2) is 24.4 Å². The zero-order valence-corrected chi connectivity index (χ0v) is 15.5. The standard InChI is InChI=1S/C21H28N4O/c1-22-11-17-12-25-18(3-2-4-19(25)24-17)20(26)23-13-21-8-14-5-15(9-21)7-16(6-14)10-21/h2-4,12,14-16,22H,5-11,13H2,1H3,(H,23,26). The van der Waals surface area contributed by atoms with Crippen LogP contribution >= 0.6 is 0 Å². The summed E-state index contributed by atoms with van der Waals surface area (Å²) in [6.45, 7) is 1.54. The van der Waals surface area contributed by atoms with E-state index in [0.717, 1.165) is 35.6 Å². The minimum absolute atomic E-state index is 0.0275. The number of imidazole rings is 1. The van der Waals surface area contributed by atoms with Crippen molar-refractivity contribution in [2.45, 2.75) is 45.1 Å². The molecule has 0 radical (unpaired) electrons. The van der Waals surface area contributed by atoms with E-state index in [0.29, 0.717) is 17.7 Å². The van der Waals surface area contributed by atoms with Crippen molar-refractivity contribution in [2.75, 3.05) is 13.6 Å². The second-order valence-corrected chi connectivity index (χ2v) is 9.00. The molecule has 138 valence electrons. The molecule has 0 saturated heterocycles. The Morgan fingerprint density at radius 2 is 1.88 bits per heavy atom. The molecule has 2 aromatic heterocycles. The van der Waals surface area contributed by atoms with Crippen molar-refractivity contribution in [1.82, 2.24) is 20.0 Å². The Hall–Kier alpha value is -1.88. The van der Waals surface area contributed by atoms with Crippen LogP contribution < -0.4 is 10.6 Å². The lowest BCUT2D eigenvalue weighted by molar-refractivity contribution is -0.0503. The number of nitrogens with one attached hydrogen (secondary N) is 2. The first-order chi connectivity index (χ1) is 12.6. The Balaban J connectivity index is 1.34. The molecule has 0 aliphatic heterocycles. The normalized spacial score (nSPS) is 32.3. The second kappa shape index (κ2) is 6.08. The molecule has 4 saturated carbocycles. The minimum Gasteiger partial charge on any atom is -0.350 e. The van der Waals surface area contributed by atoms with Gasteiger partial charge in [0.05, 0.1) is 5.69 Å². The lowest BCUT2D eigenvalue weighted by atomic mass is 9.49. The molecule has 0 aromatic carbocycles. The maximum absolute atomic E-state index is 12.9. The molecule has 4 aliphatic carbocycles. The molecule has 6 rings (SSSR count). The number of carbonyl (C=O) groups is 1. The molecule has 5 heteroatoms. The van der Waals surface area contributed by atoms with Crippen molar-refractivity contribution in [3.8, 4) is 0 Å². The van der Waals surface area contributed by atoms with Crippen molar-refractivity contribution < 1.29 is 4.79 Å². The van der Waals surface area contributed by atoms with Crippen molar-refractivity contribution >= 4 is 11.6 Å². The second-order valence-electron chi connectivity index (χ2n) is 9.00. The van der Waals surface area contributed by atoms with Gasteiger partial charge < -0.3 is 10.6 Å². The molecule has 26 heavy (non-hydrogen) atoms. The number of hydrogen-bond donors (Lipinski definition) is 2. The van der Waals surface area contributed by atoms with Gasteiger partial charge in [-0.25, -0.2) is 4.98 Å². The van der Waals surface area contributed by atoms with Crippen LogP contribution in [0.25, 0.3) is 5.65 Å². The molecule has 4 aliphatic rings. The summed E-state index contributed by atoms with van der Waals surface area (Å²) in [5.74, 6) is 2.78. The third-order valence-corrected chi connectivity index (χ3v) is 6.92. The van der Waals surface area contributed by atoms with Crippen LogP contribution in [0.3, 0.4) is 0 Å². The van der Waals surface area contributed by atoms with Gasteiger partial charge in [0.2, 0.25) is 0 Å². The summed E-state index contributed by atoms with van der Waals surface area (Å²) in [5.41, 5.74) is 2.83. The van der Waals surface area contributed by atoms with Crippen LogP contribution in [0.2, 0.25) is 0 Å². The highest BCUT2D eigenvalue weighted by atomic mass is 16.1. The van der Waals surface area contributed by atoms with Gasteiger partial charge in [0.1, 0.15) is 11.3 Å². The summed E-state index contributed by atoms with van der Waals surface area (Å²) in [7, 11) is 1.91. The SMILES string of the molecule is CNCc1cn2c(C(=O)NCC34CC5CC(CC(C5)C3)C4)cccc2n1. The highest BCUT2D eigenvalue weighted by Crippen LogP contribution is 2.59. The summed E-state index contributed by atoms with van der Waals surface area (Å²) in [6.07, 6.45) is 10.2. The Kier molecular flexibility index (Phi) is 3.82. The molecule has 0 unspecified atom stereocenters. The van der Waals surface area contributed by atoms with Gasteiger partial charge in [-0.1, -0.05) is 6.07 Å². The Bertz CT molecular complexity index is 804. The summed E-state index contributed by atoms with van der Waals surface area (Å²) in [5, 5.41) is 6.40. The van der Waals surface area contributed by atoms with E-state index in [1.807, 2.05) is 35.8 Å². The fourth-order valence-corrected chi connectivity index (χ4v) is 6.38. The summed E-state index contributed by atoms with van der Waals surface area (Å²) < 4.78 is 1.92. The topological polar surface area (TPSA) is 58.4 Å². The molecular weight excluding hydrogens is 324 g/mol. The van der Waals surface area contributed by atoms with Crippen LogP contribution in [0.5, 0.6) is 0 Å². The molecule has 4 fully saturated rings. The third kappa shape index (κ3) is 2.73. The average Bonchev–Trinajstić information content (AvgIpc) is 3.01. The molecule has 5 nitrogen and oxygen atoms in total. The predicted molar refractivity (Wildman–Crippen MR) is 101 cm³/mol. The maximum Gasteiger partial charge on any atom is 0.268 e. The van der Waals surface area contributed by atoms with Gasteiger partial charge in [0.25, 0.3) is 5.91 Å². The molecule has 1 amide bonds. The number of aromatic nitrogens is 2. The number of rotatable bonds is 5. The molecule has 4 bridgehead atoms. The van der Waals surface area contributed by atoms with Crippen LogP contribution in [-0.4, -0.2) is 28.9 Å². The lowest BCUT2D eigenvalue weighted by Crippen LogP contribution is -2.51. The van der Waals surface area contributed by atoms with Crippen LogP contribution in [0, 0.1) is 23.2 Å². The van der Waals surface area contributed by atoms with E-state index in [1.165, 1.54) is 38.5 Å². The number of amides is 1. The smallest absolute Gasteiger partial charge is 0.268 e. The first-order valence-electron chi connectivity index (χ1n) is 10.0. The zero-order valence-electron chi connectivity index (χ0n) is 15.5. The first kappa shape index (κ1) is 16.3. The van der Waals surface area contributed by atoms with E-state index in [-0.39, 0.29) is 5.91 Å². The molecular formula is C21H28N4O. The summed E-state index contributed by atoms with van der Waals surface area (Å²) >= 11 is 0. The lowest BCUT2D eigenvalue weighted by Gasteiger charge is -2.56. The predicted octanol–water partition coefficient (Wildman–Crippen LogP) is 3.00. The van der Waals surface area contributed by atoms with Crippen LogP contribution in [0.1, 0.15) is 54.7 Å². The number of hydrogen-bond acceptors (Lipinski definition) is 3. The minimum atomic E-state index is 0.0275. The summed E-state index contributed by atoms with van der Waals surface area (Å²) in [4.78, 5) is 17.5. The van der Waals surface area contributed by atoms with Gasteiger partial charge >= 0.3 is 0 Å². The fourth-order valence-electron chi connectivity index (χ4n) is 6.38. The average molecular weight is 352 g/mol. The van der Waals surface area contributed by atoms with Gasteiger partial charge in [-0.05, 0) is 80.9 Å². The molecule has 2 heterocycles. The van der Waals surface area contributed by atoms with Crippen molar-refractivity contribution in [3.63, 3.8) is 0 Å². The number of pyridine rings is 1. The van der Waals surface area contributed by atoms with E-state index < -0.39 is 0 Å². The molecule has 0 spiro atoms. The van der Waals surface area contributed by atoms with Crippen LogP contribution in [-0.2, 0) is 6.54 Å². The van der Waals surface area contributed by atoms with Gasteiger partial charge in [-0.2, -0.15) is 0 Å². The molecule has 2 N–H and O–H groups in total. The Morgan fingerprint density at radius 1 is 1.19 bits per heavy atom. The van der Waals surface area contributed by atoms with E-state index in [1.54, 1.807) is 0 Å². The maximum atomic E-state index is 12.9. The van der Waals surface area contributed by atoms with E-state index >= 15 is 0 Å². The van der Waals surface area contributed by atoms with Crippen molar-refractivity contribution in [2.24, 2.45) is 23.2 Å². The third-order valence-electron chi connectivity index (χ3n) is 6.92. The summed E-state index contributed by atoms with van der Waals surface area (Å²) in [6, 6.07) is 5.77. The van der Waals surface area contributed by atoms with Gasteiger partial charge in [-0.15, -0.1) is 0 Å². The largest absolute Gasteiger partial charge is 0.350 e. The first-order valence-corrected chi connectivity index (χ1v) is 10.0. The highest BCUT2D eigenvalue weighted by molar-refractivity contribution is 5.93. The number of carbonyl (C=O) groups excluding carboxylic acids is 1. The number of fused-ring (bicyclic) bond motifs is 1. The van der Waals surface area contributed by atoms with E-state index in [4.69, 9.17) is 0 Å². The van der Waals surface area contributed by atoms with Crippen molar-refractivity contribution in [1.29, 1.82) is 0 Å². The van der Waals surface area contributed by atoms with E-state index in [2.05, 4.69) is 15.6 Å². The monoisotopic (exact) mass is 352 g/mol.